The molecule has 0 atom stereocenters. The first-order valence-electron chi connectivity index (χ1n) is 6.15. The quantitative estimate of drug-likeness (QED) is 0.797. The van der Waals surface area contributed by atoms with E-state index < -0.39 is 23.6 Å². The van der Waals surface area contributed by atoms with Crippen LogP contribution in [0.3, 0.4) is 0 Å². The van der Waals surface area contributed by atoms with Crippen LogP contribution >= 0.6 is 11.6 Å². The molecule has 2 rings (SSSR count). The molecule has 23 heavy (non-hydrogen) atoms. The molecule has 0 bridgehead atoms. The summed E-state index contributed by atoms with van der Waals surface area (Å²) in [5.74, 6) is -1.38. The first-order valence-corrected chi connectivity index (χ1v) is 6.53. The zero-order chi connectivity index (χ0) is 17.4. The summed E-state index contributed by atoms with van der Waals surface area (Å²) in [6.45, 7) is 1.53. The molecule has 0 aromatic carbocycles. The molecule has 0 amide bonds. The fourth-order valence-electron chi connectivity index (χ4n) is 1.90. The number of carbonyl (C=O) groups excluding carboxylic acids is 1. The molecule has 0 aliphatic rings. The molecule has 0 saturated heterocycles. The minimum atomic E-state index is -4.67. The number of ether oxygens (including phenoxy) is 2. The highest BCUT2D eigenvalue weighted by Crippen LogP contribution is 2.38. The zero-order valence-electron chi connectivity index (χ0n) is 12.2. The Balaban J connectivity index is 2.62. The maximum Gasteiger partial charge on any atom is 0.421 e. The summed E-state index contributed by atoms with van der Waals surface area (Å²) >= 11 is 5.90. The SMILES string of the molecule is COC(=O)c1cnn(-c2nc(OC)c(C(F)(F)F)cc2Cl)c1C. The second kappa shape index (κ2) is 6.07. The van der Waals surface area contributed by atoms with Gasteiger partial charge in [-0.05, 0) is 13.0 Å². The van der Waals surface area contributed by atoms with Crippen molar-refractivity contribution in [3.05, 3.63) is 34.1 Å². The van der Waals surface area contributed by atoms with Crippen molar-refractivity contribution in [1.82, 2.24) is 14.8 Å². The van der Waals surface area contributed by atoms with Gasteiger partial charge in [-0.15, -0.1) is 0 Å². The predicted molar refractivity (Wildman–Crippen MR) is 74.0 cm³/mol. The summed E-state index contributed by atoms with van der Waals surface area (Å²) in [4.78, 5) is 15.3. The molecule has 6 nitrogen and oxygen atoms in total. The molecular formula is C13H11ClF3N3O3. The van der Waals surface area contributed by atoms with E-state index in [-0.39, 0.29) is 16.4 Å². The van der Waals surface area contributed by atoms with Crippen LogP contribution in [-0.2, 0) is 10.9 Å². The van der Waals surface area contributed by atoms with Crippen molar-refractivity contribution in [2.24, 2.45) is 0 Å². The number of aromatic nitrogens is 3. The minimum Gasteiger partial charge on any atom is -0.481 e. The van der Waals surface area contributed by atoms with Gasteiger partial charge in [-0.1, -0.05) is 11.6 Å². The van der Waals surface area contributed by atoms with Crippen LogP contribution in [0.1, 0.15) is 21.6 Å². The molecule has 10 heteroatoms. The number of hydrogen-bond acceptors (Lipinski definition) is 5. The van der Waals surface area contributed by atoms with E-state index in [1.54, 1.807) is 0 Å². The van der Waals surface area contributed by atoms with Gasteiger partial charge in [0.1, 0.15) is 11.1 Å². The average Bonchev–Trinajstić information content (AvgIpc) is 2.87. The van der Waals surface area contributed by atoms with Crippen molar-refractivity contribution in [2.45, 2.75) is 13.1 Å². The van der Waals surface area contributed by atoms with Gasteiger partial charge in [0.15, 0.2) is 5.82 Å². The van der Waals surface area contributed by atoms with Crippen molar-refractivity contribution in [2.75, 3.05) is 14.2 Å². The summed E-state index contributed by atoms with van der Waals surface area (Å²) in [6.07, 6.45) is -3.46. The van der Waals surface area contributed by atoms with Crippen LogP contribution in [0.25, 0.3) is 5.82 Å². The summed E-state index contributed by atoms with van der Waals surface area (Å²) in [6, 6.07) is 0.696. The fourth-order valence-corrected chi connectivity index (χ4v) is 2.13. The van der Waals surface area contributed by atoms with Crippen LogP contribution in [0, 0.1) is 6.92 Å². The number of esters is 1. The molecule has 2 aromatic heterocycles. The second-order valence-corrected chi connectivity index (χ2v) is 4.80. The molecule has 0 spiro atoms. The minimum absolute atomic E-state index is 0.0934. The van der Waals surface area contributed by atoms with Crippen molar-refractivity contribution >= 4 is 17.6 Å². The smallest absolute Gasteiger partial charge is 0.421 e. The summed E-state index contributed by atoms with van der Waals surface area (Å²) in [5.41, 5.74) is -0.649. The summed E-state index contributed by atoms with van der Waals surface area (Å²) in [7, 11) is 2.26. The Morgan fingerprint density at radius 2 is 2.00 bits per heavy atom. The lowest BCUT2D eigenvalue weighted by atomic mass is 10.2. The number of alkyl halides is 3. The van der Waals surface area contributed by atoms with E-state index in [1.807, 2.05) is 0 Å². The van der Waals surface area contributed by atoms with E-state index in [0.29, 0.717) is 11.8 Å². The fraction of sp³-hybridized carbons (Fsp3) is 0.308. The van der Waals surface area contributed by atoms with E-state index in [1.165, 1.54) is 20.2 Å². The van der Waals surface area contributed by atoms with E-state index in [0.717, 1.165) is 11.8 Å². The Kier molecular flexibility index (Phi) is 4.51. The maximum atomic E-state index is 12.9. The number of hydrogen-bond donors (Lipinski definition) is 0. The van der Waals surface area contributed by atoms with Gasteiger partial charge in [0.05, 0.1) is 31.1 Å². The highest BCUT2D eigenvalue weighted by molar-refractivity contribution is 6.32. The molecule has 0 aliphatic heterocycles. The Morgan fingerprint density at radius 3 is 2.52 bits per heavy atom. The number of rotatable bonds is 3. The summed E-state index contributed by atoms with van der Waals surface area (Å²) in [5, 5.41) is 3.62. The Morgan fingerprint density at radius 1 is 1.35 bits per heavy atom. The second-order valence-electron chi connectivity index (χ2n) is 4.40. The van der Waals surface area contributed by atoms with E-state index in [9.17, 15) is 18.0 Å². The third kappa shape index (κ3) is 3.09. The van der Waals surface area contributed by atoms with Gasteiger partial charge in [-0.25, -0.2) is 9.48 Å². The van der Waals surface area contributed by atoms with Gasteiger partial charge in [0.2, 0.25) is 5.88 Å². The van der Waals surface area contributed by atoms with Crippen LogP contribution < -0.4 is 4.74 Å². The predicted octanol–water partition coefficient (Wildman–Crippen LogP) is 3.04. The van der Waals surface area contributed by atoms with Crippen LogP contribution in [0.5, 0.6) is 5.88 Å². The van der Waals surface area contributed by atoms with Crippen molar-refractivity contribution < 1.29 is 27.4 Å². The maximum absolute atomic E-state index is 12.9. The van der Waals surface area contributed by atoms with E-state index in [2.05, 4.69) is 19.6 Å². The van der Waals surface area contributed by atoms with Crippen molar-refractivity contribution in [1.29, 1.82) is 0 Å². The lowest BCUT2D eigenvalue weighted by Crippen LogP contribution is -2.12. The third-order valence-electron chi connectivity index (χ3n) is 3.04. The van der Waals surface area contributed by atoms with Gasteiger partial charge >= 0.3 is 12.1 Å². The van der Waals surface area contributed by atoms with E-state index >= 15 is 0 Å². The molecule has 0 aliphatic carbocycles. The number of halogens is 4. The van der Waals surface area contributed by atoms with E-state index in [4.69, 9.17) is 11.6 Å². The molecule has 0 unspecified atom stereocenters. The van der Waals surface area contributed by atoms with Gasteiger partial charge in [0, 0.05) is 0 Å². The Hall–Kier alpha value is -2.29. The van der Waals surface area contributed by atoms with Crippen molar-refractivity contribution in [3.8, 4) is 11.7 Å². The zero-order valence-corrected chi connectivity index (χ0v) is 13.0. The lowest BCUT2D eigenvalue weighted by molar-refractivity contribution is -0.139. The first-order chi connectivity index (χ1) is 10.7. The standard InChI is InChI=1S/C13H11ClF3N3O3/c1-6-7(12(21)23-3)5-18-20(6)10-9(14)4-8(13(15,16)17)11(19-10)22-2/h4-5H,1-3H3. The molecule has 0 fully saturated rings. The molecule has 0 radical (unpaired) electrons. The highest BCUT2D eigenvalue weighted by atomic mass is 35.5. The normalized spacial score (nSPS) is 11.4. The molecular weight excluding hydrogens is 339 g/mol. The van der Waals surface area contributed by atoms with Gasteiger partial charge in [-0.3, -0.25) is 0 Å². The molecule has 2 aromatic rings. The third-order valence-corrected chi connectivity index (χ3v) is 3.32. The van der Waals surface area contributed by atoms with Crippen LogP contribution in [0.4, 0.5) is 13.2 Å². The molecule has 0 N–H and O–H groups in total. The molecule has 2 heterocycles. The van der Waals surface area contributed by atoms with Gasteiger partial charge in [0.25, 0.3) is 0 Å². The van der Waals surface area contributed by atoms with Gasteiger partial charge in [-0.2, -0.15) is 23.3 Å². The number of methoxy groups -OCH3 is 2. The van der Waals surface area contributed by atoms with Crippen LogP contribution in [0.15, 0.2) is 12.3 Å². The number of carbonyl (C=O) groups is 1. The van der Waals surface area contributed by atoms with Crippen molar-refractivity contribution in [3.63, 3.8) is 0 Å². The van der Waals surface area contributed by atoms with Crippen LogP contribution in [0.2, 0.25) is 5.02 Å². The average molecular weight is 350 g/mol. The largest absolute Gasteiger partial charge is 0.481 e. The van der Waals surface area contributed by atoms with Gasteiger partial charge < -0.3 is 9.47 Å². The Labute approximate surface area is 133 Å². The number of pyridine rings is 1. The Bertz CT molecular complexity index is 759. The molecule has 124 valence electrons. The number of nitrogens with zero attached hydrogens (tertiary/aromatic N) is 3. The molecule has 0 saturated carbocycles. The monoisotopic (exact) mass is 349 g/mol. The highest BCUT2D eigenvalue weighted by Gasteiger charge is 2.36. The topological polar surface area (TPSA) is 66.2 Å². The lowest BCUT2D eigenvalue weighted by Gasteiger charge is -2.14. The first kappa shape index (κ1) is 17.1. The van der Waals surface area contributed by atoms with Crippen LogP contribution in [-0.4, -0.2) is 35.0 Å². The summed E-state index contributed by atoms with van der Waals surface area (Å²) < 4.78 is 49.2.